The third-order valence-corrected chi connectivity index (χ3v) is 5.31. The maximum Gasteiger partial charge on any atom is 0.191 e. The topological polar surface area (TPSA) is 67.4 Å². The molecule has 0 unspecified atom stereocenters. The van der Waals surface area contributed by atoms with E-state index in [-0.39, 0.29) is 42.4 Å². The maximum atomic E-state index is 13.6. The number of benzene rings is 2. The van der Waals surface area contributed by atoms with E-state index >= 15 is 0 Å². The van der Waals surface area contributed by atoms with Gasteiger partial charge in [0.1, 0.15) is 23.9 Å². The highest BCUT2D eigenvalue weighted by Gasteiger charge is 2.21. The average molecular weight is 576 g/mol. The summed E-state index contributed by atoms with van der Waals surface area (Å²) in [5.74, 6) is 0.883. The minimum atomic E-state index is -0.715. The summed E-state index contributed by atoms with van der Waals surface area (Å²) in [5.41, 5.74) is 1.08. The zero-order chi connectivity index (χ0) is 22.9. The first kappa shape index (κ1) is 26.7. The van der Waals surface area contributed by atoms with Gasteiger partial charge in [-0.2, -0.15) is 0 Å². The Hall–Kier alpha value is -2.50. The van der Waals surface area contributed by atoms with Gasteiger partial charge in [-0.15, -0.1) is 24.0 Å². The lowest BCUT2D eigenvalue weighted by Gasteiger charge is -2.34. The molecular weight excluding hydrogens is 545 g/mol. The lowest BCUT2D eigenvalue weighted by Crippen LogP contribution is -2.49. The number of anilines is 1. The monoisotopic (exact) mass is 576 g/mol. The molecule has 1 heterocycles. The highest BCUT2D eigenvalue weighted by molar-refractivity contribution is 14.0. The molecule has 7 nitrogen and oxygen atoms in total. The maximum absolute atomic E-state index is 13.6. The summed E-state index contributed by atoms with van der Waals surface area (Å²) >= 11 is 0. The van der Waals surface area contributed by atoms with Crippen LogP contribution in [0.25, 0.3) is 0 Å². The molecule has 0 spiro atoms. The zero-order valence-electron chi connectivity index (χ0n) is 19.1. The molecule has 2 aromatic carbocycles. The number of guanidine groups is 1. The van der Waals surface area contributed by atoms with Gasteiger partial charge in [0.15, 0.2) is 17.5 Å². The summed E-state index contributed by atoms with van der Waals surface area (Å²) in [4.78, 5) is 6.56. The summed E-state index contributed by atoms with van der Waals surface area (Å²) in [6.07, 6.45) is 1.88. The highest BCUT2D eigenvalue weighted by Crippen LogP contribution is 2.30. The van der Waals surface area contributed by atoms with Gasteiger partial charge in [0.2, 0.25) is 0 Å². The van der Waals surface area contributed by atoms with E-state index in [9.17, 15) is 8.78 Å². The van der Waals surface area contributed by atoms with Crippen molar-refractivity contribution in [2.45, 2.75) is 18.9 Å². The van der Waals surface area contributed by atoms with Crippen molar-refractivity contribution in [3.8, 4) is 17.2 Å². The van der Waals surface area contributed by atoms with Crippen LogP contribution in [-0.4, -0.2) is 59.5 Å². The van der Waals surface area contributed by atoms with Crippen LogP contribution in [0.4, 0.5) is 14.5 Å². The Morgan fingerprint density at radius 3 is 2.30 bits per heavy atom. The van der Waals surface area contributed by atoms with E-state index < -0.39 is 11.6 Å². The van der Waals surface area contributed by atoms with Crippen molar-refractivity contribution in [2.24, 2.45) is 4.99 Å². The van der Waals surface area contributed by atoms with Crippen LogP contribution in [-0.2, 0) is 0 Å². The van der Waals surface area contributed by atoms with Crippen LogP contribution in [0, 0.1) is 11.6 Å². The standard InChI is InChI=1S/C23H30F2N4O3.HI/c1-26-23(27-8-11-32-22-5-4-16(24)12-21(22)25)28-17-6-9-29(10-7-17)18-13-19(30-2)15-20(14-18)31-3;/h4-5,12-15,17H,6-11H2,1-3H3,(H2,26,27,28);1H. The Bertz CT molecular complexity index is 902. The molecule has 0 atom stereocenters. The molecular formula is C23H31F2IN4O3. The molecule has 0 aliphatic carbocycles. The van der Waals surface area contributed by atoms with E-state index in [1.165, 1.54) is 12.1 Å². The molecule has 10 heteroatoms. The summed E-state index contributed by atoms with van der Waals surface area (Å²) in [6, 6.07) is 9.42. The SMILES string of the molecule is CN=C(NCCOc1ccc(F)cc1F)NC1CCN(c2cc(OC)cc(OC)c2)CC1.I. The smallest absolute Gasteiger partial charge is 0.191 e. The van der Waals surface area contributed by atoms with Crippen LogP contribution in [0.3, 0.4) is 0 Å². The van der Waals surface area contributed by atoms with E-state index in [0.29, 0.717) is 12.5 Å². The van der Waals surface area contributed by atoms with Gasteiger partial charge in [-0.25, -0.2) is 8.78 Å². The fourth-order valence-corrected chi connectivity index (χ4v) is 3.57. The number of hydrogen-bond donors (Lipinski definition) is 2. The Kier molecular flexibility index (Phi) is 10.8. The number of ether oxygens (including phenoxy) is 3. The largest absolute Gasteiger partial charge is 0.497 e. The molecule has 0 bridgehead atoms. The predicted octanol–water partition coefficient (Wildman–Crippen LogP) is 3.81. The van der Waals surface area contributed by atoms with Crippen molar-refractivity contribution in [3.05, 3.63) is 48.0 Å². The fourth-order valence-electron chi connectivity index (χ4n) is 3.57. The molecule has 1 fully saturated rings. The second-order valence-electron chi connectivity index (χ2n) is 7.40. The zero-order valence-corrected chi connectivity index (χ0v) is 21.4. The quantitative estimate of drug-likeness (QED) is 0.216. The molecule has 0 aromatic heterocycles. The number of nitrogens with one attached hydrogen (secondary N) is 2. The lowest BCUT2D eigenvalue weighted by molar-refractivity contribution is 0.304. The first-order valence-electron chi connectivity index (χ1n) is 10.6. The molecule has 1 aliphatic rings. The Balaban J connectivity index is 0.00000385. The van der Waals surface area contributed by atoms with Crippen LogP contribution in [0.15, 0.2) is 41.4 Å². The minimum Gasteiger partial charge on any atom is -0.497 e. The van der Waals surface area contributed by atoms with Crippen molar-refractivity contribution in [1.82, 2.24) is 10.6 Å². The third-order valence-electron chi connectivity index (χ3n) is 5.31. The number of aliphatic imine (C=N–C) groups is 1. The highest BCUT2D eigenvalue weighted by atomic mass is 127. The van der Waals surface area contributed by atoms with Gasteiger partial charge in [0, 0.05) is 56.1 Å². The molecule has 1 saturated heterocycles. The first-order chi connectivity index (χ1) is 15.5. The molecule has 0 amide bonds. The van der Waals surface area contributed by atoms with E-state index in [1.807, 2.05) is 18.2 Å². The molecule has 0 radical (unpaired) electrons. The van der Waals surface area contributed by atoms with Gasteiger partial charge < -0.3 is 29.7 Å². The van der Waals surface area contributed by atoms with Gasteiger partial charge in [-0.05, 0) is 25.0 Å². The summed E-state index contributed by atoms with van der Waals surface area (Å²) < 4.78 is 42.7. The van der Waals surface area contributed by atoms with Crippen molar-refractivity contribution < 1.29 is 23.0 Å². The molecule has 33 heavy (non-hydrogen) atoms. The molecule has 0 saturated carbocycles. The van der Waals surface area contributed by atoms with Crippen molar-refractivity contribution >= 4 is 35.6 Å². The lowest BCUT2D eigenvalue weighted by atomic mass is 10.0. The predicted molar refractivity (Wildman–Crippen MR) is 137 cm³/mol. The molecule has 3 rings (SSSR count). The summed E-state index contributed by atoms with van der Waals surface area (Å²) in [7, 11) is 5.00. The van der Waals surface area contributed by atoms with Gasteiger partial charge in [-0.3, -0.25) is 4.99 Å². The summed E-state index contributed by atoms with van der Waals surface area (Å²) in [5, 5.41) is 6.59. The van der Waals surface area contributed by atoms with Crippen molar-refractivity contribution in [1.29, 1.82) is 0 Å². The number of hydrogen-bond acceptors (Lipinski definition) is 5. The van der Waals surface area contributed by atoms with Crippen LogP contribution in [0.1, 0.15) is 12.8 Å². The number of methoxy groups -OCH3 is 2. The van der Waals surface area contributed by atoms with E-state index in [0.717, 1.165) is 49.2 Å². The van der Waals surface area contributed by atoms with Gasteiger partial charge >= 0.3 is 0 Å². The molecule has 1 aliphatic heterocycles. The Labute approximate surface area is 210 Å². The third kappa shape index (κ3) is 7.79. The summed E-state index contributed by atoms with van der Waals surface area (Å²) in [6.45, 7) is 2.42. The van der Waals surface area contributed by atoms with Crippen LogP contribution < -0.4 is 29.7 Å². The molecule has 2 N–H and O–H groups in total. The van der Waals surface area contributed by atoms with Crippen LogP contribution in [0.5, 0.6) is 17.2 Å². The number of nitrogens with zero attached hydrogens (tertiary/aromatic N) is 2. The number of halogens is 3. The van der Waals surface area contributed by atoms with Gasteiger partial charge in [0.25, 0.3) is 0 Å². The second-order valence-corrected chi connectivity index (χ2v) is 7.40. The Morgan fingerprint density at radius 1 is 1.06 bits per heavy atom. The molecule has 2 aromatic rings. The van der Waals surface area contributed by atoms with Gasteiger partial charge in [-0.1, -0.05) is 0 Å². The van der Waals surface area contributed by atoms with Crippen molar-refractivity contribution in [2.75, 3.05) is 52.4 Å². The Morgan fingerprint density at radius 2 is 1.73 bits per heavy atom. The number of piperidine rings is 1. The van der Waals surface area contributed by atoms with E-state index in [2.05, 4.69) is 20.5 Å². The number of rotatable bonds is 8. The van der Waals surface area contributed by atoms with Crippen LogP contribution in [0.2, 0.25) is 0 Å². The second kappa shape index (κ2) is 13.3. The fraction of sp³-hybridized carbons (Fsp3) is 0.435. The molecule has 182 valence electrons. The van der Waals surface area contributed by atoms with Crippen LogP contribution >= 0.6 is 24.0 Å². The van der Waals surface area contributed by atoms with Gasteiger partial charge in [0.05, 0.1) is 20.8 Å². The normalized spacial score (nSPS) is 14.3. The average Bonchev–Trinajstić information content (AvgIpc) is 2.82. The van der Waals surface area contributed by atoms with E-state index in [4.69, 9.17) is 14.2 Å². The van der Waals surface area contributed by atoms with Crippen molar-refractivity contribution in [3.63, 3.8) is 0 Å². The van der Waals surface area contributed by atoms with E-state index in [1.54, 1.807) is 21.3 Å². The minimum absolute atomic E-state index is 0. The first-order valence-corrected chi connectivity index (χ1v) is 10.6.